The Balaban J connectivity index is 2.86. The zero-order chi connectivity index (χ0) is 28.0. The van der Waals surface area contributed by atoms with Crippen LogP contribution in [0.1, 0.15) is 126 Å². The van der Waals surface area contributed by atoms with E-state index in [1.807, 2.05) is 0 Å². The summed E-state index contributed by atoms with van der Waals surface area (Å²) in [6.45, 7) is 13.6. The van der Waals surface area contributed by atoms with Crippen LogP contribution in [0.25, 0.3) is 0 Å². The Bertz CT molecular complexity index is 901. The molecule has 1 saturated carbocycles. The molecule has 0 aromatic carbocycles. The molecule has 0 saturated heterocycles. The van der Waals surface area contributed by atoms with Crippen LogP contribution in [0.3, 0.4) is 0 Å². The third kappa shape index (κ3) is 11.5. The Morgan fingerprint density at radius 1 is 0.865 bits per heavy atom. The Morgan fingerprint density at radius 3 is 1.89 bits per heavy atom. The SMILES string of the molecule is CCOP(=O)(OCC)C(C)(CCC/C=C(\C)CC/C=C(\C)CCC=C(C)C)S(=O)(=O)OC1CCCCC1. The first-order chi connectivity index (χ1) is 17.4. The van der Waals surface area contributed by atoms with Gasteiger partial charge in [0.1, 0.15) is 0 Å². The van der Waals surface area contributed by atoms with Crippen molar-refractivity contribution in [3.8, 4) is 0 Å². The van der Waals surface area contributed by atoms with Crippen molar-refractivity contribution < 1.29 is 26.2 Å². The summed E-state index contributed by atoms with van der Waals surface area (Å²) in [5.74, 6) is 0. The van der Waals surface area contributed by atoms with Gasteiger partial charge in [0.2, 0.25) is 0 Å². The van der Waals surface area contributed by atoms with Crippen LogP contribution in [0.4, 0.5) is 0 Å². The number of unbranched alkanes of at least 4 members (excludes halogenated alkanes) is 1. The van der Waals surface area contributed by atoms with Crippen LogP contribution >= 0.6 is 7.60 Å². The van der Waals surface area contributed by atoms with E-state index in [1.54, 1.807) is 13.8 Å². The third-order valence-corrected chi connectivity index (χ3v) is 12.7. The lowest BCUT2D eigenvalue weighted by Crippen LogP contribution is -2.40. The van der Waals surface area contributed by atoms with Gasteiger partial charge >= 0.3 is 7.60 Å². The van der Waals surface area contributed by atoms with Gasteiger partial charge in [0.25, 0.3) is 10.1 Å². The Kier molecular flexibility index (Phi) is 15.8. The summed E-state index contributed by atoms with van der Waals surface area (Å²) in [7, 11) is -8.19. The lowest BCUT2D eigenvalue weighted by Gasteiger charge is -2.36. The van der Waals surface area contributed by atoms with Crippen molar-refractivity contribution in [1.29, 1.82) is 0 Å². The highest BCUT2D eigenvalue weighted by Gasteiger charge is 2.58. The van der Waals surface area contributed by atoms with Crippen molar-refractivity contribution in [1.82, 2.24) is 0 Å². The van der Waals surface area contributed by atoms with E-state index < -0.39 is 22.2 Å². The molecule has 6 nitrogen and oxygen atoms in total. The van der Waals surface area contributed by atoms with Crippen LogP contribution in [0.2, 0.25) is 0 Å². The molecule has 1 aliphatic rings. The molecule has 216 valence electrons. The summed E-state index contributed by atoms with van der Waals surface area (Å²) >= 11 is 0. The first-order valence-electron chi connectivity index (χ1n) is 14.2. The van der Waals surface area contributed by atoms with Gasteiger partial charge in [-0.2, -0.15) is 8.42 Å². The van der Waals surface area contributed by atoms with Gasteiger partial charge in [0.05, 0.1) is 19.3 Å². The molecule has 0 amide bonds. The molecule has 0 heterocycles. The Labute approximate surface area is 228 Å². The largest absolute Gasteiger partial charge is 0.353 e. The molecule has 1 aliphatic carbocycles. The summed E-state index contributed by atoms with van der Waals surface area (Å²) < 4.78 is 56.1. The molecule has 1 unspecified atom stereocenters. The predicted molar refractivity (Wildman–Crippen MR) is 155 cm³/mol. The second-order valence-electron chi connectivity index (χ2n) is 10.7. The third-order valence-electron chi connectivity index (χ3n) is 6.99. The van der Waals surface area contributed by atoms with Crippen LogP contribution < -0.4 is 0 Å². The zero-order valence-corrected chi connectivity index (χ0v) is 26.2. The van der Waals surface area contributed by atoms with Crippen molar-refractivity contribution in [2.24, 2.45) is 0 Å². The molecule has 0 aliphatic heterocycles. The molecule has 0 bridgehead atoms. The summed E-state index contributed by atoms with van der Waals surface area (Å²) in [6, 6.07) is 0. The monoisotopic (exact) mass is 560 g/mol. The van der Waals surface area contributed by atoms with Crippen molar-refractivity contribution in [2.45, 2.75) is 136 Å². The normalized spacial score (nSPS) is 18.0. The maximum atomic E-state index is 13.8. The predicted octanol–water partition coefficient (Wildman–Crippen LogP) is 9.24. The molecule has 8 heteroatoms. The van der Waals surface area contributed by atoms with Gasteiger partial charge in [-0.15, -0.1) is 0 Å². The second kappa shape index (κ2) is 17.1. The van der Waals surface area contributed by atoms with Gasteiger partial charge in [0.15, 0.2) is 4.49 Å². The Morgan fingerprint density at radius 2 is 1.38 bits per heavy atom. The highest BCUT2D eigenvalue weighted by molar-refractivity contribution is 7.96. The molecule has 0 aromatic rings. The zero-order valence-electron chi connectivity index (χ0n) is 24.5. The fourth-order valence-corrected chi connectivity index (χ4v) is 9.04. The van der Waals surface area contributed by atoms with E-state index in [1.165, 1.54) is 23.6 Å². The van der Waals surface area contributed by atoms with E-state index in [4.69, 9.17) is 13.2 Å². The standard InChI is InChI=1S/C29H53O6PS/c1-8-33-36(30,34-9-2)29(7,37(31,32)35-28-22-11-10-12-23-28)24-14-13-18-26(5)20-16-21-27(6)19-15-17-25(3)4/h17-18,21,28H,8-16,19-20,22-24H2,1-7H3/b26-18+,27-21+. The highest BCUT2D eigenvalue weighted by atomic mass is 32.2. The maximum absolute atomic E-state index is 13.8. The smallest absolute Gasteiger partial charge is 0.308 e. The number of hydrogen-bond acceptors (Lipinski definition) is 6. The van der Waals surface area contributed by atoms with Crippen molar-refractivity contribution in [3.05, 3.63) is 34.9 Å². The fourth-order valence-electron chi connectivity index (χ4n) is 4.61. The van der Waals surface area contributed by atoms with Gasteiger partial charge < -0.3 is 9.05 Å². The van der Waals surface area contributed by atoms with Crippen molar-refractivity contribution in [3.63, 3.8) is 0 Å². The lowest BCUT2D eigenvalue weighted by molar-refractivity contribution is 0.153. The number of rotatable bonds is 18. The molecule has 0 N–H and O–H groups in total. The molecule has 0 radical (unpaired) electrons. The minimum atomic E-state index is -4.21. The minimum Gasteiger partial charge on any atom is -0.308 e. The van der Waals surface area contributed by atoms with Crippen LogP contribution in [0.5, 0.6) is 0 Å². The number of hydrogen-bond donors (Lipinski definition) is 0. The van der Waals surface area contributed by atoms with Crippen LogP contribution in [-0.2, 0) is 27.9 Å². The number of allylic oxidation sites excluding steroid dienone is 6. The lowest BCUT2D eigenvalue weighted by atomic mass is 9.98. The van der Waals surface area contributed by atoms with E-state index in [0.717, 1.165) is 44.9 Å². The van der Waals surface area contributed by atoms with Gasteiger partial charge in [-0.05, 0) is 106 Å². The first-order valence-corrected chi connectivity index (χ1v) is 17.1. The molecular formula is C29H53O6PS. The van der Waals surface area contributed by atoms with Crippen molar-refractivity contribution in [2.75, 3.05) is 13.2 Å². The van der Waals surface area contributed by atoms with E-state index >= 15 is 0 Å². The summed E-state index contributed by atoms with van der Waals surface area (Å²) in [5, 5.41) is 0. The molecule has 0 aromatic heterocycles. The molecule has 1 fully saturated rings. The molecule has 0 spiro atoms. The van der Waals surface area contributed by atoms with Crippen LogP contribution in [0.15, 0.2) is 34.9 Å². The van der Waals surface area contributed by atoms with E-state index in [-0.39, 0.29) is 25.7 Å². The summed E-state index contributed by atoms with van der Waals surface area (Å²) in [6.07, 6.45) is 16.3. The van der Waals surface area contributed by atoms with Gasteiger partial charge in [-0.25, -0.2) is 0 Å². The topological polar surface area (TPSA) is 78.9 Å². The molecular weight excluding hydrogens is 507 g/mol. The molecule has 1 atom stereocenters. The average Bonchev–Trinajstić information content (AvgIpc) is 2.82. The van der Waals surface area contributed by atoms with Crippen LogP contribution in [0, 0.1) is 0 Å². The van der Waals surface area contributed by atoms with Crippen molar-refractivity contribution >= 4 is 17.7 Å². The summed E-state index contributed by atoms with van der Waals surface area (Å²) in [5.41, 5.74) is 4.04. The average molecular weight is 561 g/mol. The van der Waals surface area contributed by atoms with Gasteiger partial charge in [0, 0.05) is 0 Å². The quantitative estimate of drug-likeness (QED) is 0.0719. The minimum absolute atomic E-state index is 0.103. The maximum Gasteiger partial charge on any atom is 0.353 e. The van der Waals surface area contributed by atoms with E-state index in [9.17, 15) is 13.0 Å². The fraction of sp³-hybridized carbons (Fsp3) is 0.793. The highest BCUT2D eigenvalue weighted by Crippen LogP contribution is 2.64. The molecule has 37 heavy (non-hydrogen) atoms. The summed E-state index contributed by atoms with van der Waals surface area (Å²) in [4.78, 5) is 0. The van der Waals surface area contributed by atoms with Crippen LogP contribution in [-0.4, -0.2) is 32.2 Å². The second-order valence-corrected chi connectivity index (χ2v) is 15.5. The van der Waals surface area contributed by atoms with E-state index in [2.05, 4.69) is 45.9 Å². The molecule has 1 rings (SSSR count). The Hall–Kier alpha value is -0.720. The first kappa shape index (κ1) is 34.3. The van der Waals surface area contributed by atoms with E-state index in [0.29, 0.717) is 25.7 Å². The van der Waals surface area contributed by atoms with Gasteiger partial charge in [-0.1, -0.05) is 54.2 Å². The van der Waals surface area contributed by atoms with Gasteiger partial charge in [-0.3, -0.25) is 8.75 Å².